The van der Waals surface area contributed by atoms with Crippen LogP contribution in [0.4, 0.5) is 5.69 Å². The first-order chi connectivity index (χ1) is 13.0. The summed E-state index contributed by atoms with van der Waals surface area (Å²) in [5.41, 5.74) is 5.95. The van der Waals surface area contributed by atoms with Crippen molar-refractivity contribution in [1.82, 2.24) is 9.97 Å². The number of carbonyl (C=O) groups is 1. The number of H-pyrrole nitrogens is 1. The summed E-state index contributed by atoms with van der Waals surface area (Å²) < 4.78 is 0. The van der Waals surface area contributed by atoms with Crippen LogP contribution in [-0.4, -0.2) is 15.9 Å². The van der Waals surface area contributed by atoms with Gasteiger partial charge in [-0.2, -0.15) is 0 Å². The fourth-order valence-corrected chi connectivity index (χ4v) is 3.31. The van der Waals surface area contributed by atoms with E-state index in [-0.39, 0.29) is 5.91 Å². The van der Waals surface area contributed by atoms with E-state index in [4.69, 9.17) is 11.6 Å². The predicted octanol–water partition coefficient (Wildman–Crippen LogP) is 5.75. The molecule has 3 aromatic carbocycles. The fraction of sp³-hybridized carbons (Fsp3) is 0.0909. The molecule has 1 heterocycles. The van der Waals surface area contributed by atoms with Crippen LogP contribution in [0.2, 0.25) is 5.02 Å². The second kappa shape index (κ2) is 6.89. The summed E-state index contributed by atoms with van der Waals surface area (Å²) in [7, 11) is 0. The molecule has 0 saturated heterocycles. The first-order valence-electron chi connectivity index (χ1n) is 8.64. The van der Waals surface area contributed by atoms with Crippen molar-refractivity contribution in [2.24, 2.45) is 0 Å². The van der Waals surface area contributed by atoms with Gasteiger partial charge in [0.15, 0.2) is 0 Å². The van der Waals surface area contributed by atoms with Crippen molar-refractivity contribution in [3.8, 4) is 11.4 Å². The zero-order valence-electron chi connectivity index (χ0n) is 15.0. The highest BCUT2D eigenvalue weighted by Crippen LogP contribution is 2.27. The lowest BCUT2D eigenvalue weighted by molar-refractivity contribution is 0.102. The van der Waals surface area contributed by atoms with E-state index in [1.165, 1.54) is 0 Å². The Labute approximate surface area is 162 Å². The number of hydrogen-bond donors (Lipinski definition) is 2. The summed E-state index contributed by atoms with van der Waals surface area (Å²) in [5, 5.41) is 3.41. The molecule has 0 aliphatic heterocycles. The molecular weight excluding hydrogens is 358 g/mol. The summed E-state index contributed by atoms with van der Waals surface area (Å²) in [5.74, 6) is 0.532. The van der Waals surface area contributed by atoms with Gasteiger partial charge in [0.1, 0.15) is 5.82 Å². The number of rotatable bonds is 3. The molecule has 0 spiro atoms. The van der Waals surface area contributed by atoms with Crippen molar-refractivity contribution in [1.29, 1.82) is 0 Å². The lowest BCUT2D eigenvalue weighted by atomic mass is 10.1. The van der Waals surface area contributed by atoms with Crippen molar-refractivity contribution in [2.75, 3.05) is 5.32 Å². The number of nitrogens with one attached hydrogen (secondary N) is 2. The standard InChI is InChI=1S/C22H18ClN3O/c1-13-7-10-16(17(23)11-13)22(27)26-20-12-15(9-8-14(20)2)21-24-18-5-3-4-6-19(18)25-21/h3-12H,1-2H3,(H,24,25)(H,26,27). The highest BCUT2D eigenvalue weighted by atomic mass is 35.5. The first-order valence-corrected chi connectivity index (χ1v) is 9.02. The minimum absolute atomic E-state index is 0.232. The second-order valence-corrected chi connectivity index (χ2v) is 6.98. The number of anilines is 1. The predicted molar refractivity (Wildman–Crippen MR) is 110 cm³/mol. The van der Waals surface area contributed by atoms with E-state index in [0.29, 0.717) is 10.6 Å². The van der Waals surface area contributed by atoms with E-state index >= 15 is 0 Å². The Hall–Kier alpha value is -3.11. The van der Waals surface area contributed by atoms with Crippen molar-refractivity contribution < 1.29 is 4.79 Å². The molecule has 0 saturated carbocycles. The number of aromatic amines is 1. The maximum Gasteiger partial charge on any atom is 0.257 e. The van der Waals surface area contributed by atoms with E-state index in [0.717, 1.165) is 39.2 Å². The Morgan fingerprint density at radius 2 is 1.85 bits per heavy atom. The van der Waals surface area contributed by atoms with Crippen LogP contribution in [-0.2, 0) is 0 Å². The third-order valence-electron chi connectivity index (χ3n) is 4.52. The van der Waals surface area contributed by atoms with Crippen LogP contribution in [0.3, 0.4) is 0 Å². The molecule has 0 unspecified atom stereocenters. The molecule has 5 heteroatoms. The smallest absolute Gasteiger partial charge is 0.257 e. The summed E-state index contributed by atoms with van der Waals surface area (Å²) in [6.45, 7) is 3.89. The third kappa shape index (κ3) is 3.44. The van der Waals surface area contributed by atoms with E-state index in [9.17, 15) is 4.79 Å². The SMILES string of the molecule is Cc1ccc(C(=O)Nc2cc(-c3nc4ccccc4[nH]3)ccc2C)c(Cl)c1. The molecule has 4 nitrogen and oxygen atoms in total. The van der Waals surface area contributed by atoms with Crippen molar-refractivity contribution >= 4 is 34.2 Å². The molecule has 27 heavy (non-hydrogen) atoms. The van der Waals surface area contributed by atoms with Crippen LogP contribution >= 0.6 is 11.6 Å². The largest absolute Gasteiger partial charge is 0.338 e. The minimum Gasteiger partial charge on any atom is -0.338 e. The second-order valence-electron chi connectivity index (χ2n) is 6.57. The monoisotopic (exact) mass is 375 g/mol. The molecule has 4 aromatic rings. The molecule has 0 aliphatic carbocycles. The Morgan fingerprint density at radius 1 is 1.04 bits per heavy atom. The summed E-state index contributed by atoms with van der Waals surface area (Å²) in [4.78, 5) is 20.6. The number of carbonyl (C=O) groups excluding carboxylic acids is 1. The molecule has 0 radical (unpaired) electrons. The molecule has 0 bridgehead atoms. The van der Waals surface area contributed by atoms with Crippen molar-refractivity contribution in [3.05, 3.63) is 82.4 Å². The van der Waals surface area contributed by atoms with Gasteiger partial charge in [-0.15, -0.1) is 0 Å². The van der Waals surface area contributed by atoms with Gasteiger partial charge >= 0.3 is 0 Å². The van der Waals surface area contributed by atoms with Gasteiger partial charge in [0.2, 0.25) is 0 Å². The molecule has 134 valence electrons. The van der Waals surface area contributed by atoms with Gasteiger partial charge in [-0.1, -0.05) is 41.9 Å². The molecular formula is C22H18ClN3O. The fourth-order valence-electron chi connectivity index (χ4n) is 2.99. The van der Waals surface area contributed by atoms with Gasteiger partial charge < -0.3 is 10.3 Å². The topological polar surface area (TPSA) is 57.8 Å². The number of fused-ring (bicyclic) bond motifs is 1. The highest BCUT2D eigenvalue weighted by molar-refractivity contribution is 6.34. The number of aromatic nitrogens is 2. The average molecular weight is 376 g/mol. The molecule has 4 rings (SSSR count). The van der Waals surface area contributed by atoms with Crippen LogP contribution in [0.5, 0.6) is 0 Å². The Morgan fingerprint density at radius 3 is 2.63 bits per heavy atom. The van der Waals surface area contributed by atoms with Gasteiger partial charge in [-0.05, 0) is 55.3 Å². The van der Waals surface area contributed by atoms with Crippen LogP contribution in [0.15, 0.2) is 60.7 Å². The summed E-state index contributed by atoms with van der Waals surface area (Å²) in [6.07, 6.45) is 0. The molecule has 0 aliphatic rings. The van der Waals surface area contributed by atoms with Crippen LogP contribution in [0.25, 0.3) is 22.4 Å². The zero-order valence-corrected chi connectivity index (χ0v) is 15.8. The number of amides is 1. The number of imidazole rings is 1. The average Bonchev–Trinajstić information content (AvgIpc) is 3.07. The highest BCUT2D eigenvalue weighted by Gasteiger charge is 2.13. The Bertz CT molecular complexity index is 1130. The van der Waals surface area contributed by atoms with E-state index in [2.05, 4.69) is 15.3 Å². The molecule has 0 atom stereocenters. The van der Waals surface area contributed by atoms with Crippen molar-refractivity contribution in [3.63, 3.8) is 0 Å². The maximum absolute atomic E-state index is 12.7. The number of para-hydroxylation sites is 2. The van der Waals surface area contributed by atoms with Gasteiger partial charge in [-0.25, -0.2) is 4.98 Å². The summed E-state index contributed by atoms with van der Waals surface area (Å²) in [6, 6.07) is 19.2. The normalized spacial score (nSPS) is 10.9. The van der Waals surface area contributed by atoms with E-state index in [1.54, 1.807) is 12.1 Å². The van der Waals surface area contributed by atoms with Crippen LogP contribution < -0.4 is 5.32 Å². The molecule has 1 aromatic heterocycles. The third-order valence-corrected chi connectivity index (χ3v) is 4.83. The Kier molecular flexibility index (Phi) is 4.42. The van der Waals surface area contributed by atoms with Crippen LogP contribution in [0.1, 0.15) is 21.5 Å². The lowest BCUT2D eigenvalue weighted by Gasteiger charge is -2.11. The number of aryl methyl sites for hydroxylation is 2. The maximum atomic E-state index is 12.7. The quantitative estimate of drug-likeness (QED) is 0.478. The van der Waals surface area contributed by atoms with Gasteiger partial charge in [0, 0.05) is 11.3 Å². The number of hydrogen-bond acceptors (Lipinski definition) is 2. The van der Waals surface area contributed by atoms with Gasteiger partial charge in [0.25, 0.3) is 5.91 Å². The summed E-state index contributed by atoms with van der Waals surface area (Å²) >= 11 is 6.23. The molecule has 2 N–H and O–H groups in total. The minimum atomic E-state index is -0.232. The molecule has 1 amide bonds. The van der Waals surface area contributed by atoms with E-state index in [1.807, 2.05) is 62.4 Å². The van der Waals surface area contributed by atoms with Crippen LogP contribution in [0, 0.1) is 13.8 Å². The zero-order chi connectivity index (χ0) is 19.0. The first kappa shape index (κ1) is 17.3. The number of nitrogens with zero attached hydrogens (tertiary/aromatic N) is 1. The van der Waals surface area contributed by atoms with Gasteiger partial charge in [0.05, 0.1) is 21.6 Å². The lowest BCUT2D eigenvalue weighted by Crippen LogP contribution is -2.13. The number of benzene rings is 3. The Balaban J connectivity index is 1.67. The van der Waals surface area contributed by atoms with Crippen molar-refractivity contribution in [2.45, 2.75) is 13.8 Å². The molecule has 0 fully saturated rings. The van der Waals surface area contributed by atoms with Gasteiger partial charge in [-0.3, -0.25) is 4.79 Å². The number of halogens is 1. The van der Waals surface area contributed by atoms with E-state index < -0.39 is 0 Å².